The van der Waals surface area contributed by atoms with Gasteiger partial charge in [-0.2, -0.15) is 0 Å². The number of H-pyrrole nitrogens is 1. The molecule has 35 heavy (non-hydrogen) atoms. The number of hydrogen-bond acceptors (Lipinski definition) is 6. The predicted octanol–water partition coefficient (Wildman–Crippen LogP) is 5.24. The molecule has 2 aromatic heterocycles. The zero-order valence-corrected chi connectivity index (χ0v) is 20.0. The second-order valence-electron chi connectivity index (χ2n) is 9.04. The molecule has 1 atom stereocenters. The van der Waals surface area contributed by atoms with Crippen molar-refractivity contribution in [3.63, 3.8) is 0 Å². The van der Waals surface area contributed by atoms with Gasteiger partial charge in [-0.1, -0.05) is 12.1 Å². The molecule has 0 saturated carbocycles. The zero-order valence-electron chi connectivity index (χ0n) is 20.0. The number of nitrogens with zero attached hydrogens (tertiary/aromatic N) is 4. The van der Waals surface area contributed by atoms with Crippen molar-refractivity contribution in [3.8, 4) is 39.7 Å². The molecule has 1 aliphatic rings. The molecule has 2 aromatic carbocycles. The number of rotatable bonds is 8. The van der Waals surface area contributed by atoms with Crippen LogP contribution in [-0.4, -0.2) is 58.5 Å². The Morgan fingerprint density at radius 3 is 2.57 bits per heavy atom. The molecule has 7 nitrogen and oxygen atoms in total. The smallest absolute Gasteiger partial charge is 0.138 e. The van der Waals surface area contributed by atoms with Crippen LogP contribution < -0.4 is 4.74 Å². The van der Waals surface area contributed by atoms with Gasteiger partial charge in [0.05, 0.1) is 17.6 Å². The third-order valence-electron chi connectivity index (χ3n) is 6.39. The highest BCUT2D eigenvalue weighted by molar-refractivity contribution is 5.82. The fourth-order valence-electron chi connectivity index (χ4n) is 4.53. The molecule has 0 saturated heterocycles. The minimum atomic E-state index is 0.164. The van der Waals surface area contributed by atoms with E-state index in [9.17, 15) is 0 Å². The molecule has 5 rings (SSSR count). The van der Waals surface area contributed by atoms with Crippen LogP contribution in [-0.2, 0) is 6.42 Å². The number of likely N-dealkylation sites (N-methyl/N-ethyl adjacent to an activating group) is 1. The fourth-order valence-corrected chi connectivity index (χ4v) is 4.53. The number of ether oxygens (including phenoxy) is 1. The molecule has 0 spiro atoms. The lowest BCUT2D eigenvalue weighted by molar-refractivity contribution is 0.261. The molecule has 2 heterocycles. The summed E-state index contributed by atoms with van der Waals surface area (Å²) >= 11 is 0. The molecule has 0 aliphatic heterocycles. The maximum atomic E-state index is 8.98. The molecule has 178 valence electrons. The monoisotopic (exact) mass is 467 g/mol. The molecule has 0 fully saturated rings. The Labute approximate surface area is 205 Å². The molecule has 0 radical (unpaired) electrons. The molecule has 1 aliphatic carbocycles. The number of pyridine rings is 1. The SMILES string of the molecule is CN(C)CCOc1ccc(-c2nc(-c3ccc4c(c3)CCC4/C=N\O)c(-c3ccncc3)[nH]2)cc1. The maximum Gasteiger partial charge on any atom is 0.138 e. The summed E-state index contributed by atoms with van der Waals surface area (Å²) in [6.07, 6.45) is 7.11. The highest BCUT2D eigenvalue weighted by atomic mass is 16.5. The molecular formula is C28H29N5O2. The Morgan fingerprint density at radius 2 is 1.83 bits per heavy atom. The second kappa shape index (κ2) is 10.1. The van der Waals surface area contributed by atoms with E-state index in [0.29, 0.717) is 6.61 Å². The molecule has 7 heteroatoms. The van der Waals surface area contributed by atoms with Gasteiger partial charge in [0.1, 0.15) is 18.2 Å². The van der Waals surface area contributed by atoms with Crippen molar-refractivity contribution >= 4 is 6.21 Å². The second-order valence-corrected chi connectivity index (χ2v) is 9.04. The summed E-state index contributed by atoms with van der Waals surface area (Å²) in [4.78, 5) is 14.8. The maximum absolute atomic E-state index is 8.98. The van der Waals surface area contributed by atoms with Crippen LogP contribution in [0.15, 0.2) is 72.1 Å². The van der Waals surface area contributed by atoms with Crippen LogP contribution in [0.4, 0.5) is 0 Å². The van der Waals surface area contributed by atoms with Crippen molar-refractivity contribution in [2.75, 3.05) is 27.2 Å². The van der Waals surface area contributed by atoms with Gasteiger partial charge >= 0.3 is 0 Å². The predicted molar refractivity (Wildman–Crippen MR) is 138 cm³/mol. The average molecular weight is 468 g/mol. The first-order chi connectivity index (χ1) is 17.1. The Balaban J connectivity index is 1.49. The van der Waals surface area contributed by atoms with Gasteiger partial charge in [0.15, 0.2) is 0 Å². The van der Waals surface area contributed by atoms with E-state index in [0.717, 1.165) is 59.0 Å². The van der Waals surface area contributed by atoms with Gasteiger partial charge in [-0.3, -0.25) is 4.98 Å². The summed E-state index contributed by atoms with van der Waals surface area (Å²) in [7, 11) is 4.06. The van der Waals surface area contributed by atoms with Crippen molar-refractivity contribution < 1.29 is 9.94 Å². The number of imidazole rings is 1. The Kier molecular flexibility index (Phi) is 6.59. The van der Waals surface area contributed by atoms with E-state index in [2.05, 4.69) is 38.2 Å². The molecule has 0 bridgehead atoms. The molecule has 1 unspecified atom stereocenters. The van der Waals surface area contributed by atoms with E-state index in [-0.39, 0.29) is 5.92 Å². The topological polar surface area (TPSA) is 86.6 Å². The van der Waals surface area contributed by atoms with Gasteiger partial charge in [-0.25, -0.2) is 4.98 Å². The quantitative estimate of drug-likeness (QED) is 0.210. The highest BCUT2D eigenvalue weighted by Gasteiger charge is 2.23. The van der Waals surface area contributed by atoms with E-state index < -0.39 is 0 Å². The van der Waals surface area contributed by atoms with Gasteiger partial charge in [0, 0.05) is 41.5 Å². The van der Waals surface area contributed by atoms with Crippen LogP contribution >= 0.6 is 0 Å². The number of aryl methyl sites for hydroxylation is 1. The number of nitrogens with one attached hydrogen (secondary N) is 1. The van der Waals surface area contributed by atoms with Crippen LogP contribution in [0.3, 0.4) is 0 Å². The minimum absolute atomic E-state index is 0.164. The summed E-state index contributed by atoms with van der Waals surface area (Å²) < 4.78 is 5.84. The number of aromatic nitrogens is 3. The molecule has 0 amide bonds. The summed E-state index contributed by atoms with van der Waals surface area (Å²) in [5, 5.41) is 12.2. The van der Waals surface area contributed by atoms with Gasteiger partial charge in [0.2, 0.25) is 0 Å². The summed E-state index contributed by atoms with van der Waals surface area (Å²) in [6, 6.07) is 18.5. The van der Waals surface area contributed by atoms with E-state index in [4.69, 9.17) is 14.9 Å². The molecular weight excluding hydrogens is 438 g/mol. The first kappa shape index (κ1) is 22.8. The highest BCUT2D eigenvalue weighted by Crippen LogP contribution is 2.38. The van der Waals surface area contributed by atoms with Gasteiger partial charge in [-0.15, -0.1) is 5.16 Å². The lowest BCUT2D eigenvalue weighted by atomic mass is 9.98. The zero-order chi connectivity index (χ0) is 24.2. The third kappa shape index (κ3) is 4.95. The van der Waals surface area contributed by atoms with Crippen LogP contribution in [0.5, 0.6) is 5.75 Å². The van der Waals surface area contributed by atoms with Crippen molar-refractivity contribution in [2.45, 2.75) is 18.8 Å². The first-order valence-corrected chi connectivity index (χ1v) is 11.8. The van der Waals surface area contributed by atoms with Crippen LogP contribution in [0.2, 0.25) is 0 Å². The third-order valence-corrected chi connectivity index (χ3v) is 6.39. The standard InChI is InChI=1S/C28H29N5O2/c1-33(2)15-16-35-24-8-5-20(6-9-24)28-31-26(19-11-13-29-14-12-19)27(32-28)22-7-10-25-21(17-22)3-4-23(25)18-30-34/h5-14,17-18,23,34H,3-4,15-16H2,1-2H3,(H,31,32)/b30-18-. The Hall–Kier alpha value is -3.97. The van der Waals surface area contributed by atoms with Crippen molar-refractivity contribution in [3.05, 3.63) is 78.1 Å². The Morgan fingerprint density at radius 1 is 1.06 bits per heavy atom. The van der Waals surface area contributed by atoms with Crippen molar-refractivity contribution in [1.82, 2.24) is 19.9 Å². The number of oxime groups is 1. The lowest BCUT2D eigenvalue weighted by Gasteiger charge is -2.11. The van der Waals surface area contributed by atoms with E-state index in [1.165, 1.54) is 11.1 Å². The minimum Gasteiger partial charge on any atom is -0.492 e. The molecule has 2 N–H and O–H groups in total. The average Bonchev–Trinajstić information content (AvgIpc) is 3.50. The summed E-state index contributed by atoms with van der Waals surface area (Å²) in [5.74, 6) is 1.81. The van der Waals surface area contributed by atoms with E-state index >= 15 is 0 Å². The first-order valence-electron chi connectivity index (χ1n) is 11.8. The van der Waals surface area contributed by atoms with Crippen LogP contribution in [0, 0.1) is 0 Å². The van der Waals surface area contributed by atoms with Gasteiger partial charge < -0.3 is 19.8 Å². The normalized spacial score (nSPS) is 15.1. The number of aromatic amines is 1. The Bertz CT molecular complexity index is 1310. The van der Waals surface area contributed by atoms with Crippen LogP contribution in [0.1, 0.15) is 23.5 Å². The number of benzene rings is 2. The van der Waals surface area contributed by atoms with E-state index in [1.807, 2.05) is 50.5 Å². The molecule has 4 aromatic rings. The largest absolute Gasteiger partial charge is 0.492 e. The lowest BCUT2D eigenvalue weighted by Crippen LogP contribution is -2.19. The number of fused-ring (bicyclic) bond motifs is 1. The van der Waals surface area contributed by atoms with Crippen molar-refractivity contribution in [1.29, 1.82) is 0 Å². The fraction of sp³-hybridized carbons (Fsp3) is 0.250. The summed E-state index contributed by atoms with van der Waals surface area (Å²) in [6.45, 7) is 1.51. The number of hydrogen-bond donors (Lipinski definition) is 2. The summed E-state index contributed by atoms with van der Waals surface area (Å²) in [5.41, 5.74) is 7.44. The van der Waals surface area contributed by atoms with Gasteiger partial charge in [-0.05, 0) is 80.5 Å². The van der Waals surface area contributed by atoms with E-state index in [1.54, 1.807) is 18.6 Å². The van der Waals surface area contributed by atoms with Crippen molar-refractivity contribution in [2.24, 2.45) is 5.16 Å². The van der Waals surface area contributed by atoms with Gasteiger partial charge in [0.25, 0.3) is 0 Å². The van der Waals surface area contributed by atoms with Crippen LogP contribution in [0.25, 0.3) is 33.9 Å².